The molecule has 2 rings (SSSR count). The molecule has 0 radical (unpaired) electrons. The van der Waals surface area contributed by atoms with Crippen molar-refractivity contribution in [2.24, 2.45) is 0 Å². The number of rotatable bonds is 2. The fourth-order valence-corrected chi connectivity index (χ4v) is 2.13. The van der Waals surface area contributed by atoms with E-state index in [1.807, 2.05) is 6.08 Å². The van der Waals surface area contributed by atoms with E-state index in [9.17, 15) is 13.2 Å². The predicted molar refractivity (Wildman–Crippen MR) is 52.8 cm³/mol. The largest absolute Gasteiger partial charge is 0.285 e. The lowest BCUT2D eigenvalue weighted by atomic mass is 10.0. The Morgan fingerprint density at radius 3 is 2.87 bits per heavy atom. The Labute approximate surface area is 88.1 Å². The Hall–Kier alpha value is -1.14. The van der Waals surface area contributed by atoms with E-state index < -0.39 is 10.1 Å². The van der Waals surface area contributed by atoms with Crippen LogP contribution in [0.25, 0.3) is 0 Å². The molecule has 0 saturated heterocycles. The van der Waals surface area contributed by atoms with Gasteiger partial charge in [-0.2, -0.15) is 13.5 Å². The molecule has 0 N–H and O–H groups in total. The summed E-state index contributed by atoms with van der Waals surface area (Å²) >= 11 is 0. The molecule has 0 atom stereocenters. The summed E-state index contributed by atoms with van der Waals surface area (Å²) in [7, 11) is -3.65. The maximum Gasteiger partial charge on any atom is 0.285 e. The molecule has 6 heteroatoms. The van der Waals surface area contributed by atoms with Gasteiger partial charge in [-0.1, -0.05) is 6.08 Å². The van der Waals surface area contributed by atoms with Crippen LogP contribution >= 0.6 is 0 Å². The highest BCUT2D eigenvalue weighted by Gasteiger charge is 2.32. The summed E-state index contributed by atoms with van der Waals surface area (Å²) < 4.78 is 26.5. The number of hydroxylamine groups is 2. The van der Waals surface area contributed by atoms with E-state index in [2.05, 4.69) is 4.28 Å². The molecule has 0 aromatic heterocycles. The van der Waals surface area contributed by atoms with E-state index in [-0.39, 0.29) is 12.3 Å². The van der Waals surface area contributed by atoms with Crippen molar-refractivity contribution in [1.82, 2.24) is 5.06 Å². The molecule has 0 bridgehead atoms. The third kappa shape index (κ3) is 2.10. The molecule has 1 aliphatic carbocycles. The quantitative estimate of drug-likeness (QED) is 0.699. The Kier molecular flexibility index (Phi) is 2.40. The van der Waals surface area contributed by atoms with Crippen LogP contribution in [0.4, 0.5) is 0 Å². The monoisotopic (exact) mass is 229 g/mol. The van der Waals surface area contributed by atoms with Gasteiger partial charge in [0.15, 0.2) is 0 Å². The van der Waals surface area contributed by atoms with E-state index >= 15 is 0 Å². The van der Waals surface area contributed by atoms with Gasteiger partial charge in [0.1, 0.15) is 0 Å². The molecular weight excluding hydrogens is 218 g/mol. The van der Waals surface area contributed by atoms with Crippen molar-refractivity contribution in [3.63, 3.8) is 0 Å². The maximum atomic E-state index is 11.5. The van der Waals surface area contributed by atoms with E-state index in [0.29, 0.717) is 5.70 Å². The second-order valence-electron chi connectivity index (χ2n) is 3.57. The molecule has 0 aromatic rings. The SMILES string of the molecule is CS(=O)(=O)ON1C(=O)CC2=C1C=CCC2. The zero-order valence-corrected chi connectivity index (χ0v) is 9.08. The first kappa shape index (κ1) is 10.4. The summed E-state index contributed by atoms with van der Waals surface area (Å²) in [5, 5.41) is 0.875. The highest BCUT2D eigenvalue weighted by molar-refractivity contribution is 7.85. The van der Waals surface area contributed by atoms with Crippen LogP contribution in [0.5, 0.6) is 0 Å². The number of allylic oxidation sites excluding steroid dienone is 2. The van der Waals surface area contributed by atoms with Crippen LogP contribution in [0.2, 0.25) is 0 Å². The topological polar surface area (TPSA) is 63.7 Å². The molecule has 1 amide bonds. The summed E-state index contributed by atoms with van der Waals surface area (Å²) in [5.74, 6) is -0.322. The van der Waals surface area contributed by atoms with E-state index in [4.69, 9.17) is 0 Å². The standard InChI is InChI=1S/C9H11NO4S/c1-15(12,13)14-10-8-5-3-2-4-7(8)6-9(10)11/h3,5H,2,4,6H2,1H3. The highest BCUT2D eigenvalue weighted by atomic mass is 32.2. The smallest absolute Gasteiger partial charge is 0.272 e. The van der Waals surface area contributed by atoms with Crippen LogP contribution in [-0.2, 0) is 19.2 Å². The molecule has 0 spiro atoms. The Morgan fingerprint density at radius 2 is 2.20 bits per heavy atom. The first-order valence-corrected chi connectivity index (χ1v) is 6.40. The molecule has 5 nitrogen and oxygen atoms in total. The fourth-order valence-electron chi connectivity index (χ4n) is 1.69. The minimum Gasteiger partial charge on any atom is -0.272 e. The van der Waals surface area contributed by atoms with Gasteiger partial charge in [0.05, 0.1) is 18.4 Å². The van der Waals surface area contributed by atoms with Crippen LogP contribution in [0.1, 0.15) is 19.3 Å². The summed E-state index contributed by atoms with van der Waals surface area (Å²) in [4.78, 5) is 11.5. The average molecular weight is 229 g/mol. The second kappa shape index (κ2) is 3.46. The van der Waals surface area contributed by atoms with Gasteiger partial charge in [0, 0.05) is 0 Å². The van der Waals surface area contributed by atoms with Gasteiger partial charge in [-0.25, -0.2) is 0 Å². The molecule has 0 aromatic carbocycles. The molecule has 0 fully saturated rings. The molecule has 82 valence electrons. The highest BCUT2D eigenvalue weighted by Crippen LogP contribution is 2.32. The molecule has 0 unspecified atom stereocenters. The lowest BCUT2D eigenvalue weighted by Crippen LogP contribution is -2.27. The summed E-state index contributed by atoms with van der Waals surface area (Å²) in [5.41, 5.74) is 1.53. The lowest BCUT2D eigenvalue weighted by molar-refractivity contribution is -0.145. The third-order valence-corrected chi connectivity index (χ3v) is 2.69. The van der Waals surface area contributed by atoms with Crippen molar-refractivity contribution in [3.05, 3.63) is 23.4 Å². The van der Waals surface area contributed by atoms with Crippen molar-refractivity contribution in [2.75, 3.05) is 6.26 Å². The summed E-state index contributed by atoms with van der Waals surface area (Å²) in [6, 6.07) is 0. The molecular formula is C9H11NO4S. The molecule has 0 saturated carbocycles. The van der Waals surface area contributed by atoms with E-state index in [1.54, 1.807) is 6.08 Å². The van der Waals surface area contributed by atoms with Gasteiger partial charge in [-0.15, -0.1) is 4.28 Å². The zero-order valence-electron chi connectivity index (χ0n) is 8.26. The minimum absolute atomic E-state index is 0.259. The lowest BCUT2D eigenvalue weighted by Gasteiger charge is -2.16. The number of nitrogens with zero attached hydrogens (tertiary/aromatic N) is 1. The van der Waals surface area contributed by atoms with Crippen molar-refractivity contribution >= 4 is 16.0 Å². The summed E-state index contributed by atoms with van der Waals surface area (Å²) in [6.45, 7) is 0. The number of amides is 1. The van der Waals surface area contributed by atoms with Gasteiger partial charge in [0.2, 0.25) is 0 Å². The van der Waals surface area contributed by atoms with Crippen LogP contribution in [-0.4, -0.2) is 25.6 Å². The zero-order chi connectivity index (χ0) is 11.1. The van der Waals surface area contributed by atoms with Crippen molar-refractivity contribution in [1.29, 1.82) is 0 Å². The fraction of sp³-hybridized carbons (Fsp3) is 0.444. The Bertz CT molecular complexity index is 461. The average Bonchev–Trinajstić information content (AvgIpc) is 2.41. The Balaban J connectivity index is 2.28. The van der Waals surface area contributed by atoms with Crippen molar-refractivity contribution < 1.29 is 17.5 Å². The minimum atomic E-state index is -3.65. The van der Waals surface area contributed by atoms with Gasteiger partial charge < -0.3 is 0 Å². The van der Waals surface area contributed by atoms with E-state index in [1.165, 1.54) is 0 Å². The number of hydrogen-bond acceptors (Lipinski definition) is 4. The third-order valence-electron chi connectivity index (χ3n) is 2.27. The normalized spacial score (nSPS) is 21.1. The number of carbonyl (C=O) groups excluding carboxylic acids is 1. The molecule has 2 aliphatic rings. The molecule has 1 heterocycles. The van der Waals surface area contributed by atoms with Gasteiger partial charge in [-0.3, -0.25) is 4.79 Å². The number of carbonyl (C=O) groups is 1. The van der Waals surface area contributed by atoms with Crippen LogP contribution < -0.4 is 0 Å². The van der Waals surface area contributed by atoms with Gasteiger partial charge >= 0.3 is 0 Å². The Morgan fingerprint density at radius 1 is 1.47 bits per heavy atom. The van der Waals surface area contributed by atoms with Gasteiger partial charge in [-0.05, 0) is 24.5 Å². The number of hydrogen-bond donors (Lipinski definition) is 0. The van der Waals surface area contributed by atoms with E-state index in [0.717, 1.165) is 29.7 Å². The molecule has 15 heavy (non-hydrogen) atoms. The van der Waals surface area contributed by atoms with Crippen molar-refractivity contribution in [2.45, 2.75) is 19.3 Å². The van der Waals surface area contributed by atoms with Gasteiger partial charge in [0.25, 0.3) is 16.0 Å². The van der Waals surface area contributed by atoms with Crippen LogP contribution in [0.3, 0.4) is 0 Å². The second-order valence-corrected chi connectivity index (χ2v) is 5.13. The molecule has 1 aliphatic heterocycles. The first-order valence-electron chi connectivity index (χ1n) is 4.58. The summed E-state index contributed by atoms with van der Waals surface area (Å²) in [6.07, 6.45) is 6.49. The first-order chi connectivity index (χ1) is 6.97. The maximum absolute atomic E-state index is 11.5. The van der Waals surface area contributed by atoms with Crippen LogP contribution in [0, 0.1) is 0 Å². The predicted octanol–water partition coefficient (Wildman–Crippen LogP) is 0.714. The van der Waals surface area contributed by atoms with Crippen LogP contribution in [0.15, 0.2) is 23.4 Å². The van der Waals surface area contributed by atoms with Crippen molar-refractivity contribution in [3.8, 4) is 0 Å².